The highest BCUT2D eigenvalue weighted by atomic mass is 16.5. The van der Waals surface area contributed by atoms with Crippen molar-refractivity contribution in [2.45, 2.75) is 13.5 Å². The van der Waals surface area contributed by atoms with Gasteiger partial charge in [-0.3, -0.25) is 4.79 Å². The van der Waals surface area contributed by atoms with Gasteiger partial charge in [-0.15, -0.1) is 0 Å². The van der Waals surface area contributed by atoms with Gasteiger partial charge in [-0.1, -0.05) is 0 Å². The van der Waals surface area contributed by atoms with Gasteiger partial charge in [0.25, 0.3) is 0 Å². The number of nitrogens with zero attached hydrogens (tertiary/aromatic N) is 1. The molecule has 2 rings (SSSR count). The Bertz CT molecular complexity index is 635. The summed E-state index contributed by atoms with van der Waals surface area (Å²) in [5.74, 6) is 0.323. The molecule has 0 spiro atoms. The van der Waals surface area contributed by atoms with Gasteiger partial charge in [-0.25, -0.2) is 4.79 Å². The van der Waals surface area contributed by atoms with Crippen molar-refractivity contribution in [1.29, 1.82) is 0 Å². The Morgan fingerprint density at radius 3 is 2.57 bits per heavy atom. The molecule has 0 saturated carbocycles. The molecule has 1 aromatic heterocycles. The number of benzene rings is 1. The Hall–Kier alpha value is -2.76. The summed E-state index contributed by atoms with van der Waals surface area (Å²) in [6.45, 7) is 2.69. The first-order chi connectivity index (χ1) is 11.1. The van der Waals surface area contributed by atoms with E-state index in [2.05, 4.69) is 5.32 Å². The second-order valence-corrected chi connectivity index (χ2v) is 4.98. The monoisotopic (exact) mass is 316 g/mol. The average Bonchev–Trinajstić information content (AvgIpc) is 3.06. The van der Waals surface area contributed by atoms with Gasteiger partial charge in [0.1, 0.15) is 5.76 Å². The quantitative estimate of drug-likeness (QED) is 0.795. The number of hydrogen-bond donors (Lipinski definition) is 1. The molecular weight excluding hydrogens is 296 g/mol. The summed E-state index contributed by atoms with van der Waals surface area (Å²) in [6, 6.07) is 10.4. The smallest absolute Gasteiger partial charge is 0.338 e. The van der Waals surface area contributed by atoms with Crippen molar-refractivity contribution in [1.82, 2.24) is 4.90 Å². The lowest BCUT2D eigenvalue weighted by atomic mass is 10.2. The maximum atomic E-state index is 12.1. The van der Waals surface area contributed by atoms with E-state index in [-0.39, 0.29) is 18.4 Å². The summed E-state index contributed by atoms with van der Waals surface area (Å²) in [5, 5.41) is 3.03. The van der Waals surface area contributed by atoms with Gasteiger partial charge in [0.05, 0.1) is 31.5 Å². The molecule has 6 nitrogen and oxygen atoms in total. The lowest BCUT2D eigenvalue weighted by molar-refractivity contribution is -0.128. The average molecular weight is 316 g/mol. The van der Waals surface area contributed by atoms with Crippen molar-refractivity contribution in [3.05, 3.63) is 54.0 Å². The summed E-state index contributed by atoms with van der Waals surface area (Å²) in [4.78, 5) is 25.2. The van der Waals surface area contributed by atoms with E-state index >= 15 is 0 Å². The summed E-state index contributed by atoms with van der Waals surface area (Å²) in [5.41, 5.74) is 1.25. The van der Waals surface area contributed by atoms with Gasteiger partial charge in [0.2, 0.25) is 5.91 Å². The molecular formula is C17H20N2O4. The fourth-order valence-corrected chi connectivity index (χ4v) is 1.98. The zero-order valence-electron chi connectivity index (χ0n) is 13.2. The topological polar surface area (TPSA) is 71.8 Å². The second-order valence-electron chi connectivity index (χ2n) is 4.98. The fraction of sp³-hybridized carbons (Fsp3) is 0.294. The highest BCUT2D eigenvalue weighted by Crippen LogP contribution is 2.11. The minimum atomic E-state index is -0.353. The number of rotatable bonds is 7. The molecule has 6 heteroatoms. The molecule has 0 fully saturated rings. The van der Waals surface area contributed by atoms with Crippen LogP contribution >= 0.6 is 0 Å². The highest BCUT2D eigenvalue weighted by Gasteiger charge is 2.11. The number of amides is 1. The van der Waals surface area contributed by atoms with Gasteiger partial charge in [0, 0.05) is 12.7 Å². The van der Waals surface area contributed by atoms with Gasteiger partial charge >= 0.3 is 5.97 Å². The predicted octanol–water partition coefficient (Wildman–Crippen LogP) is 2.53. The van der Waals surface area contributed by atoms with Crippen LogP contribution in [-0.4, -0.2) is 37.0 Å². The van der Waals surface area contributed by atoms with Crippen molar-refractivity contribution >= 4 is 17.6 Å². The molecule has 0 radical (unpaired) electrons. The van der Waals surface area contributed by atoms with Crippen molar-refractivity contribution in [2.75, 3.05) is 25.5 Å². The molecule has 0 bridgehead atoms. The molecule has 0 aliphatic heterocycles. The van der Waals surface area contributed by atoms with Crippen LogP contribution in [-0.2, 0) is 16.1 Å². The fourth-order valence-electron chi connectivity index (χ4n) is 1.98. The Morgan fingerprint density at radius 2 is 1.96 bits per heavy atom. The summed E-state index contributed by atoms with van der Waals surface area (Å²) in [6.07, 6.45) is 1.58. The van der Waals surface area contributed by atoms with Crippen molar-refractivity contribution < 1.29 is 18.7 Å². The number of ether oxygens (including phenoxy) is 1. The first kappa shape index (κ1) is 16.6. The minimum Gasteiger partial charge on any atom is -0.467 e. The zero-order chi connectivity index (χ0) is 16.7. The molecule has 0 unspecified atom stereocenters. The van der Waals surface area contributed by atoms with Crippen molar-refractivity contribution in [2.24, 2.45) is 0 Å². The molecule has 1 N–H and O–H groups in total. The van der Waals surface area contributed by atoms with E-state index in [1.165, 1.54) is 0 Å². The number of nitrogens with one attached hydrogen (secondary N) is 1. The number of carbonyl (C=O) groups is 2. The molecule has 0 saturated heterocycles. The molecule has 1 aromatic carbocycles. The SMILES string of the molecule is CCOC(=O)c1ccc(NCC(=O)N(C)Cc2ccco2)cc1. The Kier molecular flexibility index (Phi) is 5.80. The summed E-state index contributed by atoms with van der Waals surface area (Å²) >= 11 is 0. The maximum absolute atomic E-state index is 12.1. The maximum Gasteiger partial charge on any atom is 0.338 e. The Labute approximate surface area is 135 Å². The van der Waals surface area contributed by atoms with E-state index in [9.17, 15) is 9.59 Å². The molecule has 1 heterocycles. The molecule has 23 heavy (non-hydrogen) atoms. The number of likely N-dealkylation sites (N-methyl/N-ethyl adjacent to an activating group) is 1. The van der Waals surface area contributed by atoms with Crippen LogP contribution in [0.4, 0.5) is 5.69 Å². The van der Waals surface area contributed by atoms with Gasteiger partial charge in [0.15, 0.2) is 0 Å². The van der Waals surface area contributed by atoms with Crippen LogP contribution < -0.4 is 5.32 Å². The van der Waals surface area contributed by atoms with Crippen molar-refractivity contribution in [3.63, 3.8) is 0 Å². The molecule has 0 aliphatic carbocycles. The molecule has 0 aliphatic rings. The van der Waals surface area contributed by atoms with Crippen LogP contribution in [0.25, 0.3) is 0 Å². The first-order valence-corrected chi connectivity index (χ1v) is 7.37. The Balaban J connectivity index is 1.83. The molecule has 0 atom stereocenters. The van der Waals surface area contributed by atoms with Gasteiger partial charge < -0.3 is 19.4 Å². The minimum absolute atomic E-state index is 0.0594. The molecule has 122 valence electrons. The largest absolute Gasteiger partial charge is 0.467 e. The van der Waals surface area contributed by atoms with E-state index in [0.29, 0.717) is 18.7 Å². The van der Waals surface area contributed by atoms with Crippen LogP contribution in [0, 0.1) is 0 Å². The Morgan fingerprint density at radius 1 is 1.22 bits per heavy atom. The standard InChI is InChI=1S/C17H20N2O4/c1-3-22-17(21)13-6-8-14(9-7-13)18-11-16(20)19(2)12-15-5-4-10-23-15/h4-10,18H,3,11-12H2,1-2H3. The van der Waals surface area contributed by atoms with E-state index in [1.54, 1.807) is 55.5 Å². The third-order valence-electron chi connectivity index (χ3n) is 3.24. The van der Waals surface area contributed by atoms with Crippen LogP contribution in [0.15, 0.2) is 47.1 Å². The summed E-state index contributed by atoms with van der Waals surface area (Å²) in [7, 11) is 1.72. The predicted molar refractivity (Wildman–Crippen MR) is 86.1 cm³/mol. The van der Waals surface area contributed by atoms with Crippen molar-refractivity contribution in [3.8, 4) is 0 Å². The third kappa shape index (κ3) is 4.88. The normalized spacial score (nSPS) is 10.2. The number of esters is 1. The zero-order valence-corrected chi connectivity index (χ0v) is 13.2. The van der Waals surface area contributed by atoms with Crippen LogP contribution in [0.5, 0.6) is 0 Å². The molecule has 1 amide bonds. The van der Waals surface area contributed by atoms with E-state index < -0.39 is 0 Å². The number of hydrogen-bond acceptors (Lipinski definition) is 5. The third-order valence-corrected chi connectivity index (χ3v) is 3.24. The summed E-state index contributed by atoms with van der Waals surface area (Å²) < 4.78 is 10.1. The van der Waals surface area contributed by atoms with Crippen LogP contribution in [0.2, 0.25) is 0 Å². The number of furan rings is 1. The van der Waals surface area contributed by atoms with E-state index in [4.69, 9.17) is 9.15 Å². The lowest BCUT2D eigenvalue weighted by Crippen LogP contribution is -2.31. The van der Waals surface area contributed by atoms with E-state index in [0.717, 1.165) is 11.4 Å². The molecule has 2 aromatic rings. The lowest BCUT2D eigenvalue weighted by Gasteiger charge is -2.16. The van der Waals surface area contributed by atoms with Crippen LogP contribution in [0.1, 0.15) is 23.0 Å². The van der Waals surface area contributed by atoms with Crippen LogP contribution in [0.3, 0.4) is 0 Å². The number of carbonyl (C=O) groups excluding carboxylic acids is 2. The first-order valence-electron chi connectivity index (χ1n) is 7.37. The number of anilines is 1. The van der Waals surface area contributed by atoms with Gasteiger partial charge in [-0.05, 0) is 43.3 Å². The highest BCUT2D eigenvalue weighted by molar-refractivity contribution is 5.90. The second kappa shape index (κ2) is 8.03. The van der Waals surface area contributed by atoms with Gasteiger partial charge in [-0.2, -0.15) is 0 Å². The van der Waals surface area contributed by atoms with E-state index in [1.807, 2.05) is 6.07 Å².